The maximum atomic E-state index is 13.0. The van der Waals surface area contributed by atoms with E-state index in [-0.39, 0.29) is 13.2 Å². The summed E-state index contributed by atoms with van der Waals surface area (Å²) in [6.45, 7) is -0.722. The van der Waals surface area contributed by atoms with Crippen LogP contribution in [0.25, 0.3) is 0 Å². The minimum atomic E-state index is -1.48. The monoisotopic (exact) mass is 433 g/mol. The number of hydrogen-bond acceptors (Lipinski definition) is 6. The molecule has 7 heteroatoms. The Bertz CT molecular complexity index is 969. The van der Waals surface area contributed by atoms with Crippen molar-refractivity contribution in [1.82, 2.24) is 0 Å². The Morgan fingerprint density at radius 2 is 1.12 bits per heavy atom. The van der Waals surface area contributed by atoms with Crippen LogP contribution >= 0.6 is 0 Å². The van der Waals surface area contributed by atoms with Crippen LogP contribution in [0.1, 0.15) is 22.6 Å². The first-order chi connectivity index (χ1) is 15.5. The van der Waals surface area contributed by atoms with E-state index >= 15 is 0 Å². The average Bonchev–Trinajstić information content (AvgIpc) is 2.82. The Hall–Kier alpha value is -4.00. The second-order valence-electron chi connectivity index (χ2n) is 7.20. The first-order valence-corrected chi connectivity index (χ1v) is 10.1. The second-order valence-corrected chi connectivity index (χ2v) is 7.20. The number of nitrogens with zero attached hydrogens (tertiary/aromatic N) is 1. The van der Waals surface area contributed by atoms with E-state index in [4.69, 9.17) is 9.47 Å². The lowest BCUT2D eigenvalue weighted by atomic mass is 9.86. The van der Waals surface area contributed by atoms with Gasteiger partial charge in [-0.3, -0.25) is 19.7 Å². The molecule has 0 spiro atoms. The minimum Gasteiger partial charge on any atom is -0.460 e. The molecule has 0 unspecified atom stereocenters. The van der Waals surface area contributed by atoms with Crippen LogP contribution in [0.15, 0.2) is 91.0 Å². The predicted molar refractivity (Wildman–Crippen MR) is 117 cm³/mol. The number of esters is 2. The lowest BCUT2D eigenvalue weighted by Crippen LogP contribution is -2.36. The molecule has 0 saturated carbocycles. The standard InChI is InChI=1S/C25H23NO6/c27-24(31-17-19-10-4-1-5-11-19)23(25(28)32-18-20-12-6-2-7-13-20)22(16-26(29)30)21-14-8-3-9-15-21/h1-15,22-23H,16-18H2/t22-/m0/s1. The summed E-state index contributed by atoms with van der Waals surface area (Å²) in [5.74, 6) is -4.22. The molecule has 7 nitrogen and oxygen atoms in total. The molecule has 0 bridgehead atoms. The fourth-order valence-electron chi connectivity index (χ4n) is 3.33. The highest BCUT2D eigenvalue weighted by atomic mass is 16.6. The van der Waals surface area contributed by atoms with Crippen LogP contribution in [0.3, 0.4) is 0 Å². The summed E-state index contributed by atoms with van der Waals surface area (Å²) < 4.78 is 10.8. The minimum absolute atomic E-state index is 0.0535. The first-order valence-electron chi connectivity index (χ1n) is 10.1. The maximum Gasteiger partial charge on any atom is 0.321 e. The normalized spacial score (nSPS) is 11.5. The van der Waals surface area contributed by atoms with Crippen LogP contribution in [0.4, 0.5) is 0 Å². The molecule has 32 heavy (non-hydrogen) atoms. The number of nitro groups is 1. The van der Waals surface area contributed by atoms with Gasteiger partial charge in [0.15, 0.2) is 5.92 Å². The molecule has 0 amide bonds. The third-order valence-electron chi connectivity index (χ3n) is 4.93. The molecule has 1 atom stereocenters. The van der Waals surface area contributed by atoms with Crippen LogP contribution in [0, 0.1) is 16.0 Å². The third-order valence-corrected chi connectivity index (χ3v) is 4.93. The number of benzene rings is 3. The van der Waals surface area contributed by atoms with Gasteiger partial charge >= 0.3 is 11.9 Å². The van der Waals surface area contributed by atoms with E-state index in [9.17, 15) is 19.7 Å². The fraction of sp³-hybridized carbons (Fsp3) is 0.200. The van der Waals surface area contributed by atoms with E-state index in [0.29, 0.717) is 5.56 Å². The zero-order valence-electron chi connectivity index (χ0n) is 17.3. The SMILES string of the molecule is O=C(OCc1ccccc1)C(C(=O)OCc1ccccc1)[C@@H](C[N+](=O)[O-])c1ccccc1. The Morgan fingerprint density at radius 1 is 0.719 bits per heavy atom. The lowest BCUT2D eigenvalue weighted by molar-refractivity contribution is -0.484. The first kappa shape index (κ1) is 22.7. The number of rotatable bonds is 10. The van der Waals surface area contributed by atoms with Gasteiger partial charge in [-0.05, 0) is 16.7 Å². The van der Waals surface area contributed by atoms with Crippen molar-refractivity contribution in [3.05, 3.63) is 118 Å². The van der Waals surface area contributed by atoms with Gasteiger partial charge in [-0.2, -0.15) is 0 Å². The smallest absolute Gasteiger partial charge is 0.321 e. The molecule has 3 rings (SSSR count). The highest BCUT2D eigenvalue weighted by Crippen LogP contribution is 2.28. The van der Waals surface area contributed by atoms with Crippen LogP contribution in [-0.4, -0.2) is 23.4 Å². The van der Waals surface area contributed by atoms with Gasteiger partial charge in [0.2, 0.25) is 6.54 Å². The average molecular weight is 433 g/mol. The number of carbonyl (C=O) groups excluding carboxylic acids is 2. The van der Waals surface area contributed by atoms with Gasteiger partial charge in [-0.25, -0.2) is 0 Å². The van der Waals surface area contributed by atoms with Crippen molar-refractivity contribution >= 4 is 11.9 Å². The molecule has 0 aromatic heterocycles. The van der Waals surface area contributed by atoms with Crippen molar-refractivity contribution in [2.75, 3.05) is 6.54 Å². The van der Waals surface area contributed by atoms with Crippen LogP contribution in [-0.2, 0) is 32.3 Å². The second kappa shape index (κ2) is 11.4. The van der Waals surface area contributed by atoms with Gasteiger partial charge in [0.1, 0.15) is 13.2 Å². The van der Waals surface area contributed by atoms with Crippen LogP contribution < -0.4 is 0 Å². The molecular formula is C25H23NO6. The van der Waals surface area contributed by atoms with Gasteiger partial charge in [0.25, 0.3) is 0 Å². The van der Waals surface area contributed by atoms with E-state index in [1.54, 1.807) is 78.9 Å². The van der Waals surface area contributed by atoms with E-state index in [1.165, 1.54) is 0 Å². The molecule has 0 fully saturated rings. The van der Waals surface area contributed by atoms with Gasteiger partial charge in [-0.15, -0.1) is 0 Å². The molecule has 0 aliphatic carbocycles. The summed E-state index contributed by atoms with van der Waals surface area (Å²) in [5.41, 5.74) is 1.97. The van der Waals surface area contributed by atoms with Gasteiger partial charge in [0, 0.05) is 4.92 Å². The highest BCUT2D eigenvalue weighted by molar-refractivity contribution is 5.96. The Kier molecular flexibility index (Phi) is 8.09. The Morgan fingerprint density at radius 3 is 1.53 bits per heavy atom. The van der Waals surface area contributed by atoms with Crippen LogP contribution in [0.5, 0.6) is 0 Å². The van der Waals surface area contributed by atoms with Crippen molar-refractivity contribution < 1.29 is 24.0 Å². The Labute approximate surface area is 185 Å². The molecule has 164 valence electrons. The zero-order valence-corrected chi connectivity index (χ0v) is 17.3. The number of carbonyl (C=O) groups is 2. The highest BCUT2D eigenvalue weighted by Gasteiger charge is 2.41. The molecule has 0 heterocycles. The molecule has 3 aromatic rings. The summed E-state index contributed by atoms with van der Waals surface area (Å²) in [6.07, 6.45) is 0. The quantitative estimate of drug-likeness (QED) is 0.206. The van der Waals surface area contributed by atoms with Gasteiger partial charge in [0.05, 0.1) is 5.92 Å². The van der Waals surface area contributed by atoms with Gasteiger partial charge in [-0.1, -0.05) is 91.0 Å². The molecule has 0 N–H and O–H groups in total. The zero-order chi connectivity index (χ0) is 22.8. The third kappa shape index (κ3) is 6.50. The number of ether oxygens (including phenoxy) is 2. The van der Waals surface area contributed by atoms with E-state index in [0.717, 1.165) is 11.1 Å². The van der Waals surface area contributed by atoms with Gasteiger partial charge < -0.3 is 9.47 Å². The van der Waals surface area contributed by atoms with E-state index in [1.807, 2.05) is 12.1 Å². The molecule has 0 saturated heterocycles. The van der Waals surface area contributed by atoms with E-state index in [2.05, 4.69) is 0 Å². The Balaban J connectivity index is 1.84. The van der Waals surface area contributed by atoms with Crippen molar-refractivity contribution in [3.8, 4) is 0 Å². The largest absolute Gasteiger partial charge is 0.460 e. The fourth-order valence-corrected chi connectivity index (χ4v) is 3.33. The maximum absolute atomic E-state index is 13.0. The predicted octanol–water partition coefficient (Wildman–Crippen LogP) is 4.15. The lowest BCUT2D eigenvalue weighted by Gasteiger charge is -2.22. The number of hydrogen-bond donors (Lipinski definition) is 0. The summed E-state index contributed by atoms with van der Waals surface area (Å²) in [7, 11) is 0. The van der Waals surface area contributed by atoms with Crippen LogP contribution in [0.2, 0.25) is 0 Å². The molecule has 3 aromatic carbocycles. The summed E-state index contributed by atoms with van der Waals surface area (Å²) in [5, 5.41) is 11.4. The summed E-state index contributed by atoms with van der Waals surface area (Å²) >= 11 is 0. The van der Waals surface area contributed by atoms with Crippen molar-refractivity contribution in [2.24, 2.45) is 5.92 Å². The van der Waals surface area contributed by atoms with Crippen molar-refractivity contribution in [1.29, 1.82) is 0 Å². The molecule has 0 aliphatic rings. The topological polar surface area (TPSA) is 95.7 Å². The summed E-state index contributed by atoms with van der Waals surface area (Å²) in [6, 6.07) is 26.4. The van der Waals surface area contributed by atoms with Crippen molar-refractivity contribution in [3.63, 3.8) is 0 Å². The van der Waals surface area contributed by atoms with Crippen molar-refractivity contribution in [2.45, 2.75) is 19.1 Å². The van der Waals surface area contributed by atoms with E-state index < -0.39 is 35.2 Å². The molecule has 0 aliphatic heterocycles. The molecule has 0 radical (unpaired) electrons. The molecular weight excluding hydrogens is 410 g/mol. The summed E-state index contributed by atoms with van der Waals surface area (Å²) in [4.78, 5) is 36.9.